The zero-order valence-corrected chi connectivity index (χ0v) is 17.2. The Balaban J connectivity index is 2.37. The molecule has 146 valence electrons. The van der Waals surface area contributed by atoms with Crippen molar-refractivity contribution in [1.29, 1.82) is 0 Å². The number of sulfonamides is 1. The molecule has 0 spiro atoms. The molecule has 0 aliphatic carbocycles. The highest BCUT2D eigenvalue weighted by atomic mass is 32.2. The van der Waals surface area contributed by atoms with E-state index < -0.39 is 19.9 Å². The van der Waals surface area contributed by atoms with Gasteiger partial charge in [0.2, 0.25) is 10.0 Å². The molecular weight excluding hydrogens is 376 g/mol. The summed E-state index contributed by atoms with van der Waals surface area (Å²) in [5.74, 6) is -0.136. The molecule has 1 aromatic carbocycles. The van der Waals surface area contributed by atoms with Crippen molar-refractivity contribution in [2.45, 2.75) is 31.2 Å². The molecule has 0 aromatic heterocycles. The van der Waals surface area contributed by atoms with E-state index in [0.717, 1.165) is 4.31 Å². The first-order valence-corrected chi connectivity index (χ1v) is 11.7. The number of benzene rings is 1. The summed E-state index contributed by atoms with van der Waals surface area (Å²) in [6.07, 6.45) is 0.413. The van der Waals surface area contributed by atoms with Gasteiger partial charge in [-0.1, -0.05) is 19.9 Å². The molecule has 1 saturated heterocycles. The van der Waals surface area contributed by atoms with Gasteiger partial charge in [-0.2, -0.15) is 0 Å². The third kappa shape index (κ3) is 4.63. The van der Waals surface area contributed by atoms with Crippen LogP contribution in [-0.4, -0.2) is 70.1 Å². The molecular formula is C17H26N2O5S2. The highest BCUT2D eigenvalue weighted by Crippen LogP contribution is 2.23. The van der Waals surface area contributed by atoms with Crippen LogP contribution in [0, 0.1) is 5.92 Å². The van der Waals surface area contributed by atoms with Gasteiger partial charge < -0.3 is 4.90 Å². The van der Waals surface area contributed by atoms with Gasteiger partial charge in [0.1, 0.15) is 0 Å². The fraction of sp³-hybridized carbons (Fsp3) is 0.588. The summed E-state index contributed by atoms with van der Waals surface area (Å²) in [5, 5.41) is 0. The molecule has 1 aliphatic heterocycles. The van der Waals surface area contributed by atoms with Crippen LogP contribution in [0.1, 0.15) is 30.6 Å². The molecule has 1 unspecified atom stereocenters. The Bertz CT molecular complexity index is 876. The monoisotopic (exact) mass is 402 g/mol. The molecule has 0 radical (unpaired) electrons. The van der Waals surface area contributed by atoms with Crippen LogP contribution >= 0.6 is 0 Å². The van der Waals surface area contributed by atoms with Gasteiger partial charge in [-0.25, -0.2) is 21.1 Å². The predicted octanol–water partition coefficient (Wildman–Crippen LogP) is 1.22. The van der Waals surface area contributed by atoms with E-state index in [1.54, 1.807) is 11.0 Å². The fourth-order valence-corrected chi connectivity index (χ4v) is 5.66. The zero-order chi connectivity index (χ0) is 19.7. The van der Waals surface area contributed by atoms with Gasteiger partial charge in [-0.05, 0) is 30.5 Å². The Hall–Kier alpha value is -1.45. The van der Waals surface area contributed by atoms with Crippen LogP contribution in [0.15, 0.2) is 29.2 Å². The van der Waals surface area contributed by atoms with Crippen LogP contribution in [0.25, 0.3) is 0 Å². The van der Waals surface area contributed by atoms with Gasteiger partial charge >= 0.3 is 0 Å². The molecule has 26 heavy (non-hydrogen) atoms. The van der Waals surface area contributed by atoms with E-state index in [4.69, 9.17) is 0 Å². The van der Waals surface area contributed by atoms with Crippen LogP contribution in [0.2, 0.25) is 0 Å². The second-order valence-corrected chi connectivity index (χ2v) is 11.6. The third-order valence-corrected chi connectivity index (χ3v) is 7.89. The molecule has 1 amide bonds. The minimum atomic E-state index is -3.65. The SMILES string of the molecule is CC(C)CN(C(=O)c1cccc(S(=O)(=O)N(C)C)c1)C1CCS(=O)(=O)C1. The molecule has 0 bridgehead atoms. The minimum Gasteiger partial charge on any atom is -0.334 e. The average Bonchev–Trinajstić information content (AvgIpc) is 2.91. The highest BCUT2D eigenvalue weighted by Gasteiger charge is 2.35. The first-order chi connectivity index (χ1) is 11.9. The summed E-state index contributed by atoms with van der Waals surface area (Å²) in [5.41, 5.74) is 0.248. The Kier molecular flexibility index (Phi) is 6.14. The minimum absolute atomic E-state index is 0.0388. The van der Waals surface area contributed by atoms with E-state index in [9.17, 15) is 21.6 Å². The van der Waals surface area contributed by atoms with Gasteiger partial charge in [0.25, 0.3) is 5.91 Å². The number of carbonyl (C=O) groups is 1. The average molecular weight is 403 g/mol. The predicted molar refractivity (Wildman–Crippen MR) is 100 cm³/mol. The van der Waals surface area contributed by atoms with Crippen LogP contribution in [-0.2, 0) is 19.9 Å². The van der Waals surface area contributed by atoms with E-state index in [1.807, 2.05) is 13.8 Å². The molecule has 7 nitrogen and oxygen atoms in total. The maximum atomic E-state index is 13.1. The maximum absolute atomic E-state index is 13.1. The Morgan fingerprint density at radius 3 is 2.42 bits per heavy atom. The van der Waals surface area contributed by atoms with Crippen molar-refractivity contribution in [3.63, 3.8) is 0 Å². The lowest BCUT2D eigenvalue weighted by atomic mass is 10.1. The number of hydrogen-bond donors (Lipinski definition) is 0. The summed E-state index contributed by atoms with van der Waals surface area (Å²) in [4.78, 5) is 14.7. The summed E-state index contributed by atoms with van der Waals surface area (Å²) >= 11 is 0. The van der Waals surface area contributed by atoms with Crippen LogP contribution in [0.4, 0.5) is 0 Å². The summed E-state index contributed by atoms with van der Waals surface area (Å²) < 4.78 is 49.4. The van der Waals surface area contributed by atoms with E-state index in [-0.39, 0.29) is 39.8 Å². The molecule has 9 heteroatoms. The van der Waals surface area contributed by atoms with Crippen molar-refractivity contribution in [1.82, 2.24) is 9.21 Å². The van der Waals surface area contributed by atoms with Crippen molar-refractivity contribution in [2.24, 2.45) is 5.92 Å². The van der Waals surface area contributed by atoms with Crippen molar-refractivity contribution < 1.29 is 21.6 Å². The lowest BCUT2D eigenvalue weighted by Crippen LogP contribution is -2.43. The topological polar surface area (TPSA) is 91.8 Å². The van der Waals surface area contributed by atoms with Gasteiger partial charge in [0.15, 0.2) is 9.84 Å². The first-order valence-electron chi connectivity index (χ1n) is 8.48. The smallest absolute Gasteiger partial charge is 0.254 e. The molecule has 1 aromatic rings. The van der Waals surface area contributed by atoms with Crippen LogP contribution in [0.5, 0.6) is 0 Å². The number of hydrogen-bond acceptors (Lipinski definition) is 5. The van der Waals surface area contributed by atoms with E-state index >= 15 is 0 Å². The lowest BCUT2D eigenvalue weighted by molar-refractivity contribution is 0.0672. The van der Waals surface area contributed by atoms with Crippen molar-refractivity contribution >= 4 is 25.8 Å². The normalized spacial score (nSPS) is 19.8. The lowest BCUT2D eigenvalue weighted by Gasteiger charge is -2.30. The standard InChI is InChI=1S/C17H26N2O5S2/c1-13(2)11-19(15-8-9-25(21,22)12-15)17(20)14-6-5-7-16(10-14)26(23,24)18(3)4/h5-7,10,13,15H,8-9,11-12H2,1-4H3. The molecule has 0 saturated carbocycles. The second-order valence-electron chi connectivity index (χ2n) is 7.22. The molecule has 1 atom stereocenters. The molecule has 2 rings (SSSR count). The summed E-state index contributed by atoms with van der Waals surface area (Å²) in [7, 11) is -3.93. The largest absolute Gasteiger partial charge is 0.334 e. The van der Waals surface area contributed by atoms with Crippen molar-refractivity contribution in [2.75, 3.05) is 32.1 Å². The maximum Gasteiger partial charge on any atom is 0.254 e. The number of nitrogens with zero attached hydrogens (tertiary/aromatic N) is 2. The number of amides is 1. The van der Waals surface area contributed by atoms with E-state index in [0.29, 0.717) is 13.0 Å². The van der Waals surface area contributed by atoms with Crippen molar-refractivity contribution in [3.8, 4) is 0 Å². The molecule has 1 heterocycles. The number of rotatable bonds is 6. The fourth-order valence-electron chi connectivity index (χ4n) is 2.98. The quantitative estimate of drug-likeness (QED) is 0.713. The molecule has 0 N–H and O–H groups in total. The number of sulfone groups is 1. The van der Waals surface area contributed by atoms with Crippen LogP contribution < -0.4 is 0 Å². The number of carbonyl (C=O) groups excluding carboxylic acids is 1. The third-order valence-electron chi connectivity index (χ3n) is 4.33. The van der Waals surface area contributed by atoms with Gasteiger partial charge in [0.05, 0.1) is 16.4 Å². The summed E-state index contributed by atoms with van der Waals surface area (Å²) in [6.45, 7) is 4.33. The molecule has 1 aliphatic rings. The van der Waals surface area contributed by atoms with Crippen LogP contribution in [0.3, 0.4) is 0 Å². The zero-order valence-electron chi connectivity index (χ0n) is 15.5. The highest BCUT2D eigenvalue weighted by molar-refractivity contribution is 7.91. The Morgan fingerprint density at radius 2 is 1.92 bits per heavy atom. The van der Waals surface area contributed by atoms with Crippen molar-refractivity contribution in [3.05, 3.63) is 29.8 Å². The Morgan fingerprint density at radius 1 is 1.27 bits per heavy atom. The van der Waals surface area contributed by atoms with Gasteiger partial charge in [0, 0.05) is 32.2 Å². The van der Waals surface area contributed by atoms with Gasteiger partial charge in [-0.3, -0.25) is 4.79 Å². The molecule has 1 fully saturated rings. The Labute approximate surface area is 156 Å². The first kappa shape index (κ1) is 20.9. The second kappa shape index (κ2) is 7.66. The van der Waals surface area contributed by atoms with E-state index in [2.05, 4.69) is 0 Å². The van der Waals surface area contributed by atoms with Gasteiger partial charge in [-0.15, -0.1) is 0 Å². The van der Waals surface area contributed by atoms with E-state index in [1.165, 1.54) is 32.3 Å². The summed E-state index contributed by atoms with van der Waals surface area (Å²) in [6, 6.07) is 5.52.